The maximum Gasteiger partial charge on any atom is 0.230 e. The van der Waals surface area contributed by atoms with Crippen molar-refractivity contribution in [3.8, 4) is 0 Å². The quantitative estimate of drug-likeness (QED) is 0.803. The summed E-state index contributed by atoms with van der Waals surface area (Å²) in [6.07, 6.45) is 5.61. The van der Waals surface area contributed by atoms with Gasteiger partial charge < -0.3 is 15.4 Å². The number of halogens is 1. The SMILES string of the molecule is C=CC1CCN(C(=O)C2(CN)CCOCC2)CC1.Cl. The lowest BCUT2D eigenvalue weighted by atomic mass is 9.78. The average Bonchev–Trinajstić information content (AvgIpc) is 2.47. The fraction of sp³-hybridized carbons (Fsp3) is 0.786. The van der Waals surface area contributed by atoms with Crippen molar-refractivity contribution in [2.75, 3.05) is 32.8 Å². The van der Waals surface area contributed by atoms with Crippen LogP contribution in [0.5, 0.6) is 0 Å². The summed E-state index contributed by atoms with van der Waals surface area (Å²) in [6.45, 7) is 7.28. The van der Waals surface area contributed by atoms with Crippen LogP contribution >= 0.6 is 12.4 Å². The van der Waals surface area contributed by atoms with Crippen LogP contribution in [0.1, 0.15) is 25.7 Å². The molecule has 0 radical (unpaired) electrons. The molecular weight excluding hydrogens is 264 g/mol. The molecule has 2 heterocycles. The second kappa shape index (κ2) is 7.27. The van der Waals surface area contributed by atoms with Crippen LogP contribution in [0.2, 0.25) is 0 Å². The van der Waals surface area contributed by atoms with Crippen LogP contribution < -0.4 is 5.73 Å². The van der Waals surface area contributed by atoms with E-state index in [1.165, 1.54) is 0 Å². The third-order valence-corrected chi connectivity index (χ3v) is 4.45. The van der Waals surface area contributed by atoms with Crippen LogP contribution in [0.15, 0.2) is 12.7 Å². The van der Waals surface area contributed by atoms with Gasteiger partial charge in [0.15, 0.2) is 0 Å². The highest BCUT2D eigenvalue weighted by Gasteiger charge is 2.41. The van der Waals surface area contributed by atoms with Crippen molar-refractivity contribution in [2.24, 2.45) is 17.1 Å². The molecule has 4 nitrogen and oxygen atoms in total. The molecule has 0 aromatic carbocycles. The number of hydrogen-bond acceptors (Lipinski definition) is 3. The number of likely N-dealkylation sites (tertiary alicyclic amines) is 1. The summed E-state index contributed by atoms with van der Waals surface area (Å²) in [4.78, 5) is 14.7. The average molecular weight is 289 g/mol. The van der Waals surface area contributed by atoms with Crippen LogP contribution in [0, 0.1) is 11.3 Å². The molecule has 0 unspecified atom stereocenters. The molecule has 0 aromatic heterocycles. The minimum atomic E-state index is -0.362. The molecule has 0 atom stereocenters. The fourth-order valence-electron chi connectivity index (χ4n) is 2.94. The van der Waals surface area contributed by atoms with Gasteiger partial charge in [0.1, 0.15) is 0 Å². The maximum absolute atomic E-state index is 12.7. The van der Waals surface area contributed by atoms with Crippen molar-refractivity contribution in [1.82, 2.24) is 4.90 Å². The maximum atomic E-state index is 12.7. The van der Waals surface area contributed by atoms with Gasteiger partial charge in [-0.05, 0) is 31.6 Å². The number of piperidine rings is 1. The second-order valence-electron chi connectivity index (χ2n) is 5.46. The molecule has 0 bridgehead atoms. The van der Waals surface area contributed by atoms with E-state index in [0.29, 0.717) is 25.7 Å². The summed E-state index contributed by atoms with van der Waals surface area (Å²) in [6, 6.07) is 0. The van der Waals surface area contributed by atoms with Crippen LogP contribution in [0.4, 0.5) is 0 Å². The predicted octanol–water partition coefficient (Wildman–Crippen LogP) is 1.59. The van der Waals surface area contributed by atoms with Gasteiger partial charge in [0.25, 0.3) is 0 Å². The Hall–Kier alpha value is -0.580. The smallest absolute Gasteiger partial charge is 0.230 e. The van der Waals surface area contributed by atoms with Crippen LogP contribution in [-0.4, -0.2) is 43.7 Å². The molecule has 2 N–H and O–H groups in total. The third-order valence-electron chi connectivity index (χ3n) is 4.45. The number of ether oxygens (including phenoxy) is 1. The molecule has 2 aliphatic heterocycles. The van der Waals surface area contributed by atoms with E-state index in [9.17, 15) is 4.79 Å². The lowest BCUT2D eigenvalue weighted by Gasteiger charge is -2.41. The lowest BCUT2D eigenvalue weighted by molar-refractivity contribution is -0.148. The van der Waals surface area contributed by atoms with Crippen LogP contribution in [0.25, 0.3) is 0 Å². The van der Waals surface area contributed by atoms with Gasteiger partial charge in [0, 0.05) is 32.8 Å². The van der Waals surface area contributed by atoms with E-state index in [4.69, 9.17) is 10.5 Å². The monoisotopic (exact) mass is 288 g/mol. The lowest BCUT2D eigenvalue weighted by Crippen LogP contribution is -2.52. The number of hydrogen-bond donors (Lipinski definition) is 1. The van der Waals surface area contributed by atoms with Gasteiger partial charge in [-0.2, -0.15) is 0 Å². The number of carbonyl (C=O) groups is 1. The van der Waals surface area contributed by atoms with Crippen molar-refractivity contribution in [2.45, 2.75) is 25.7 Å². The molecule has 5 heteroatoms. The minimum absolute atomic E-state index is 0. The van der Waals surface area contributed by atoms with Gasteiger partial charge in [0.05, 0.1) is 5.41 Å². The highest BCUT2D eigenvalue weighted by atomic mass is 35.5. The molecule has 2 aliphatic rings. The molecule has 1 amide bonds. The molecule has 0 saturated carbocycles. The first kappa shape index (κ1) is 16.5. The van der Waals surface area contributed by atoms with Gasteiger partial charge in [-0.3, -0.25) is 4.79 Å². The highest BCUT2D eigenvalue weighted by molar-refractivity contribution is 5.85. The number of nitrogens with zero attached hydrogens (tertiary/aromatic N) is 1. The zero-order valence-corrected chi connectivity index (χ0v) is 12.3. The number of nitrogens with two attached hydrogens (primary N) is 1. The van der Waals surface area contributed by atoms with E-state index in [1.54, 1.807) is 0 Å². The summed E-state index contributed by atoms with van der Waals surface area (Å²) in [7, 11) is 0. The van der Waals surface area contributed by atoms with Crippen molar-refractivity contribution >= 4 is 18.3 Å². The first-order valence-corrected chi connectivity index (χ1v) is 6.91. The molecule has 19 heavy (non-hydrogen) atoms. The number of amides is 1. The molecule has 2 fully saturated rings. The van der Waals surface area contributed by atoms with E-state index < -0.39 is 0 Å². The zero-order chi connectivity index (χ0) is 13.0. The van der Waals surface area contributed by atoms with Gasteiger partial charge in [-0.25, -0.2) is 0 Å². The normalized spacial score (nSPS) is 23.5. The number of rotatable bonds is 3. The first-order valence-electron chi connectivity index (χ1n) is 6.91. The molecule has 2 saturated heterocycles. The largest absolute Gasteiger partial charge is 0.381 e. The highest BCUT2D eigenvalue weighted by Crippen LogP contribution is 2.33. The molecular formula is C14H25ClN2O2. The Bertz CT molecular complexity index is 309. The van der Waals surface area contributed by atoms with E-state index in [1.807, 2.05) is 11.0 Å². The Morgan fingerprint density at radius 3 is 2.42 bits per heavy atom. The Morgan fingerprint density at radius 2 is 1.95 bits per heavy atom. The first-order chi connectivity index (χ1) is 8.72. The third kappa shape index (κ3) is 3.50. The van der Waals surface area contributed by atoms with Gasteiger partial charge in [0.2, 0.25) is 5.91 Å². The summed E-state index contributed by atoms with van der Waals surface area (Å²) < 4.78 is 5.36. The molecule has 2 rings (SSSR count). The summed E-state index contributed by atoms with van der Waals surface area (Å²) >= 11 is 0. The molecule has 0 aliphatic carbocycles. The van der Waals surface area contributed by atoms with Crippen LogP contribution in [-0.2, 0) is 9.53 Å². The Kier molecular flexibility index (Phi) is 6.30. The van der Waals surface area contributed by atoms with Gasteiger partial charge in [-0.15, -0.1) is 19.0 Å². The van der Waals surface area contributed by atoms with Gasteiger partial charge >= 0.3 is 0 Å². The van der Waals surface area contributed by atoms with Gasteiger partial charge in [-0.1, -0.05) is 6.08 Å². The van der Waals surface area contributed by atoms with Crippen LogP contribution in [0.3, 0.4) is 0 Å². The Balaban J connectivity index is 0.00000180. The van der Waals surface area contributed by atoms with Crippen molar-refractivity contribution < 1.29 is 9.53 Å². The van der Waals surface area contributed by atoms with Crippen molar-refractivity contribution in [3.63, 3.8) is 0 Å². The van der Waals surface area contributed by atoms with E-state index in [0.717, 1.165) is 38.8 Å². The second-order valence-corrected chi connectivity index (χ2v) is 5.46. The summed E-state index contributed by atoms with van der Waals surface area (Å²) in [5, 5.41) is 0. The number of allylic oxidation sites excluding steroid dienone is 1. The van der Waals surface area contributed by atoms with E-state index >= 15 is 0 Å². The zero-order valence-electron chi connectivity index (χ0n) is 11.5. The summed E-state index contributed by atoms with van der Waals surface area (Å²) in [5.41, 5.74) is 5.52. The summed E-state index contributed by atoms with van der Waals surface area (Å²) in [5.74, 6) is 0.813. The predicted molar refractivity (Wildman–Crippen MR) is 78.3 cm³/mol. The molecule has 110 valence electrons. The number of carbonyl (C=O) groups excluding carboxylic acids is 1. The topological polar surface area (TPSA) is 55.6 Å². The minimum Gasteiger partial charge on any atom is -0.381 e. The van der Waals surface area contributed by atoms with Crippen molar-refractivity contribution in [3.05, 3.63) is 12.7 Å². The van der Waals surface area contributed by atoms with E-state index in [2.05, 4.69) is 6.58 Å². The molecule has 0 aromatic rings. The Labute approximate surface area is 121 Å². The van der Waals surface area contributed by atoms with Crippen molar-refractivity contribution in [1.29, 1.82) is 0 Å². The van der Waals surface area contributed by atoms with E-state index in [-0.39, 0.29) is 23.7 Å². The fourth-order valence-corrected chi connectivity index (χ4v) is 2.94. The standard InChI is InChI=1S/C14H24N2O2.ClH/c1-2-12-3-7-16(8-4-12)13(17)14(11-15)5-9-18-10-6-14;/h2,12H,1,3-11,15H2;1H. The molecule has 0 spiro atoms. The Morgan fingerprint density at radius 1 is 1.37 bits per heavy atom.